The molecule has 0 bridgehead atoms. The second kappa shape index (κ2) is 6.87. The normalized spacial score (nSPS) is 10.1. The maximum atomic E-state index is 13.5. The van der Waals surface area contributed by atoms with Gasteiger partial charge in [0.15, 0.2) is 12.4 Å². The van der Waals surface area contributed by atoms with E-state index >= 15 is 0 Å². The van der Waals surface area contributed by atoms with Crippen molar-refractivity contribution in [1.82, 2.24) is 4.90 Å². The number of halogens is 1. The molecule has 1 aromatic carbocycles. The summed E-state index contributed by atoms with van der Waals surface area (Å²) >= 11 is 0. The van der Waals surface area contributed by atoms with E-state index in [1.165, 1.54) is 19.1 Å². The number of hydrogen-bond acceptors (Lipinski definition) is 3. The molecule has 0 fully saturated rings. The summed E-state index contributed by atoms with van der Waals surface area (Å²) in [5, 5.41) is 0. The first-order valence-electron chi connectivity index (χ1n) is 6.20. The monoisotopic (exact) mass is 267 g/mol. The Balaban J connectivity index is 2.66. The molecular weight excluding hydrogens is 249 g/mol. The van der Waals surface area contributed by atoms with E-state index in [4.69, 9.17) is 4.74 Å². The van der Waals surface area contributed by atoms with Crippen LogP contribution in [0.2, 0.25) is 0 Å². The van der Waals surface area contributed by atoms with Crippen molar-refractivity contribution >= 4 is 11.7 Å². The van der Waals surface area contributed by atoms with Gasteiger partial charge in [-0.3, -0.25) is 9.59 Å². The Morgan fingerprint density at radius 3 is 2.37 bits per heavy atom. The zero-order valence-electron chi connectivity index (χ0n) is 11.4. The summed E-state index contributed by atoms with van der Waals surface area (Å²) in [6, 6.07) is 3.95. The average molecular weight is 267 g/mol. The third-order valence-corrected chi connectivity index (χ3v) is 2.80. The Kier molecular flexibility index (Phi) is 5.48. The van der Waals surface area contributed by atoms with Gasteiger partial charge >= 0.3 is 0 Å². The first-order valence-corrected chi connectivity index (χ1v) is 6.20. The minimum absolute atomic E-state index is 0.0161. The first-order chi connectivity index (χ1) is 8.99. The van der Waals surface area contributed by atoms with Gasteiger partial charge in [0.05, 0.1) is 5.56 Å². The largest absolute Gasteiger partial charge is 0.484 e. The van der Waals surface area contributed by atoms with Crippen molar-refractivity contribution in [2.45, 2.75) is 20.8 Å². The highest BCUT2D eigenvalue weighted by molar-refractivity contribution is 5.94. The lowest BCUT2D eigenvalue weighted by molar-refractivity contribution is -0.132. The number of rotatable bonds is 6. The van der Waals surface area contributed by atoms with Gasteiger partial charge in [0.1, 0.15) is 11.6 Å². The number of carbonyl (C=O) groups excluding carboxylic acids is 2. The Bertz CT molecular complexity index is 470. The Hall–Kier alpha value is -1.91. The zero-order chi connectivity index (χ0) is 14.4. The second-order valence-corrected chi connectivity index (χ2v) is 4.05. The molecule has 0 aliphatic carbocycles. The molecule has 0 saturated heterocycles. The number of benzene rings is 1. The molecule has 0 N–H and O–H groups in total. The molecule has 104 valence electrons. The van der Waals surface area contributed by atoms with Crippen LogP contribution >= 0.6 is 0 Å². The number of Topliss-reactive ketones (excluding diaryl/α,β-unsaturated/α-hetero) is 1. The number of ketones is 1. The maximum absolute atomic E-state index is 13.5. The summed E-state index contributed by atoms with van der Waals surface area (Å²) in [5.41, 5.74) is 0.0161. The second-order valence-electron chi connectivity index (χ2n) is 4.05. The minimum Gasteiger partial charge on any atom is -0.484 e. The van der Waals surface area contributed by atoms with Crippen molar-refractivity contribution in [1.29, 1.82) is 0 Å². The number of hydrogen-bond donors (Lipinski definition) is 0. The van der Waals surface area contributed by atoms with Crippen LogP contribution in [0, 0.1) is 5.82 Å². The zero-order valence-corrected chi connectivity index (χ0v) is 11.4. The van der Waals surface area contributed by atoms with E-state index in [1.54, 1.807) is 4.90 Å². The maximum Gasteiger partial charge on any atom is 0.260 e. The van der Waals surface area contributed by atoms with Crippen LogP contribution in [0.3, 0.4) is 0 Å². The van der Waals surface area contributed by atoms with Gasteiger partial charge in [-0.2, -0.15) is 0 Å². The molecule has 0 aliphatic heterocycles. The average Bonchev–Trinajstić information content (AvgIpc) is 2.37. The predicted octanol–water partition coefficient (Wildman–Crippen LogP) is 2.28. The van der Waals surface area contributed by atoms with Crippen molar-refractivity contribution in [2.75, 3.05) is 19.7 Å². The van der Waals surface area contributed by atoms with Crippen molar-refractivity contribution < 1.29 is 18.7 Å². The van der Waals surface area contributed by atoms with Crippen LogP contribution in [0.25, 0.3) is 0 Å². The highest BCUT2D eigenvalue weighted by Gasteiger charge is 2.12. The molecule has 0 saturated carbocycles. The first kappa shape index (κ1) is 15.1. The molecule has 0 spiro atoms. The van der Waals surface area contributed by atoms with E-state index in [9.17, 15) is 14.0 Å². The van der Waals surface area contributed by atoms with Crippen LogP contribution in [0.15, 0.2) is 18.2 Å². The van der Waals surface area contributed by atoms with Gasteiger partial charge in [0, 0.05) is 19.2 Å². The van der Waals surface area contributed by atoms with Crippen molar-refractivity contribution in [2.24, 2.45) is 0 Å². The van der Waals surface area contributed by atoms with Crippen LogP contribution in [-0.4, -0.2) is 36.3 Å². The Morgan fingerprint density at radius 1 is 1.26 bits per heavy atom. The fraction of sp³-hybridized carbons (Fsp3) is 0.429. The number of likely N-dealkylation sites (N-methyl/N-ethyl adjacent to an activating group) is 1. The molecule has 0 aliphatic rings. The Morgan fingerprint density at radius 2 is 1.89 bits per heavy atom. The van der Waals surface area contributed by atoms with Gasteiger partial charge < -0.3 is 9.64 Å². The number of nitrogens with zero attached hydrogens (tertiary/aromatic N) is 1. The number of carbonyl (C=O) groups is 2. The third-order valence-electron chi connectivity index (χ3n) is 2.80. The molecular formula is C14H18FNO3. The van der Waals surface area contributed by atoms with Crippen LogP contribution in [0.1, 0.15) is 31.1 Å². The Labute approximate surface area is 112 Å². The lowest BCUT2D eigenvalue weighted by Crippen LogP contribution is -2.34. The molecule has 0 unspecified atom stereocenters. The highest BCUT2D eigenvalue weighted by Crippen LogP contribution is 2.17. The number of ether oxygens (including phenoxy) is 1. The molecule has 1 amide bonds. The molecule has 0 aromatic heterocycles. The van der Waals surface area contributed by atoms with E-state index in [0.29, 0.717) is 13.1 Å². The quantitative estimate of drug-likeness (QED) is 0.743. The van der Waals surface area contributed by atoms with Gasteiger partial charge in [-0.1, -0.05) is 0 Å². The minimum atomic E-state index is -0.639. The summed E-state index contributed by atoms with van der Waals surface area (Å²) in [7, 11) is 0. The fourth-order valence-corrected chi connectivity index (χ4v) is 1.68. The van der Waals surface area contributed by atoms with Crippen molar-refractivity contribution in [3.05, 3.63) is 29.6 Å². The van der Waals surface area contributed by atoms with Gasteiger partial charge in [-0.05, 0) is 32.9 Å². The van der Waals surface area contributed by atoms with Gasteiger partial charge in [0.2, 0.25) is 0 Å². The summed E-state index contributed by atoms with van der Waals surface area (Å²) in [6.45, 7) is 6.13. The van der Waals surface area contributed by atoms with Crippen molar-refractivity contribution in [3.8, 4) is 5.75 Å². The summed E-state index contributed by atoms with van der Waals surface area (Å²) in [4.78, 5) is 24.4. The molecule has 0 radical (unpaired) electrons. The molecule has 0 atom stereocenters. The van der Waals surface area contributed by atoms with E-state index in [0.717, 1.165) is 6.07 Å². The van der Waals surface area contributed by atoms with E-state index in [-0.39, 0.29) is 29.6 Å². The van der Waals surface area contributed by atoms with E-state index in [2.05, 4.69) is 0 Å². The molecule has 1 rings (SSSR count). The standard InChI is InChI=1S/C14H18FNO3/c1-4-16(5-2)14(18)9-19-11-6-7-12(10(3)17)13(15)8-11/h6-8H,4-5,9H2,1-3H3. The van der Waals surface area contributed by atoms with Gasteiger partial charge in [-0.25, -0.2) is 4.39 Å². The molecule has 19 heavy (non-hydrogen) atoms. The molecule has 4 nitrogen and oxygen atoms in total. The van der Waals surface area contributed by atoms with Gasteiger partial charge in [-0.15, -0.1) is 0 Å². The van der Waals surface area contributed by atoms with Crippen LogP contribution in [-0.2, 0) is 4.79 Å². The topological polar surface area (TPSA) is 46.6 Å². The summed E-state index contributed by atoms with van der Waals surface area (Å²) < 4.78 is 18.7. The SMILES string of the molecule is CCN(CC)C(=O)COc1ccc(C(C)=O)c(F)c1. The van der Waals surface area contributed by atoms with Crippen molar-refractivity contribution in [3.63, 3.8) is 0 Å². The van der Waals surface area contributed by atoms with E-state index < -0.39 is 5.82 Å². The third kappa shape index (κ3) is 4.05. The fourth-order valence-electron chi connectivity index (χ4n) is 1.68. The molecule has 1 aromatic rings. The lowest BCUT2D eigenvalue weighted by Gasteiger charge is -2.18. The predicted molar refractivity (Wildman–Crippen MR) is 69.8 cm³/mol. The molecule has 5 heteroatoms. The highest BCUT2D eigenvalue weighted by atomic mass is 19.1. The number of amides is 1. The summed E-state index contributed by atoms with van der Waals surface area (Å²) in [5.74, 6) is -0.896. The smallest absolute Gasteiger partial charge is 0.260 e. The van der Waals surface area contributed by atoms with Crippen LogP contribution in [0.5, 0.6) is 5.75 Å². The van der Waals surface area contributed by atoms with E-state index in [1.807, 2.05) is 13.8 Å². The van der Waals surface area contributed by atoms with Gasteiger partial charge in [0.25, 0.3) is 5.91 Å². The lowest BCUT2D eigenvalue weighted by atomic mass is 10.1. The molecule has 0 heterocycles. The van der Waals surface area contributed by atoms with Crippen LogP contribution in [0.4, 0.5) is 4.39 Å². The summed E-state index contributed by atoms with van der Waals surface area (Å²) in [6.07, 6.45) is 0. The van der Waals surface area contributed by atoms with Crippen LogP contribution < -0.4 is 4.74 Å².